The fourth-order valence-electron chi connectivity index (χ4n) is 3.68. The normalized spacial score (nSPS) is 12.8. The molecule has 1 aliphatic rings. The lowest BCUT2D eigenvalue weighted by molar-refractivity contribution is -0.120. The highest BCUT2D eigenvalue weighted by Gasteiger charge is 2.27. The minimum atomic E-state index is -0.209. The Morgan fingerprint density at radius 2 is 1.73 bits per heavy atom. The lowest BCUT2D eigenvalue weighted by atomic mass is 10.2. The van der Waals surface area contributed by atoms with Crippen molar-refractivity contribution in [1.82, 2.24) is 19.7 Å². The van der Waals surface area contributed by atoms with Crippen molar-refractivity contribution in [3.05, 3.63) is 84.7 Å². The van der Waals surface area contributed by atoms with Crippen LogP contribution in [0.4, 0.5) is 11.4 Å². The van der Waals surface area contributed by atoms with Gasteiger partial charge in [0.05, 0.1) is 23.7 Å². The quantitative estimate of drug-likeness (QED) is 0.447. The number of amides is 2. The topological polar surface area (TPSA) is 93.0 Å². The van der Waals surface area contributed by atoms with Crippen molar-refractivity contribution in [3.63, 3.8) is 0 Å². The standard InChI is InChI=1S/C24H20N6O2S/c31-21-15-29(20-9-5-4-8-19(20)26-21)22(32)16-33-24-28-27-23(18-10-12-25-13-11-18)30(24)14-17-6-2-1-3-7-17/h1-13H,14-16H2,(H,26,31). The molecule has 8 nitrogen and oxygen atoms in total. The summed E-state index contributed by atoms with van der Waals surface area (Å²) in [4.78, 5) is 30.8. The largest absolute Gasteiger partial charge is 0.323 e. The highest BCUT2D eigenvalue weighted by atomic mass is 32.2. The van der Waals surface area contributed by atoms with Crippen LogP contribution in [0.1, 0.15) is 5.56 Å². The van der Waals surface area contributed by atoms with Crippen molar-refractivity contribution in [2.45, 2.75) is 11.7 Å². The molecule has 0 bridgehead atoms. The van der Waals surface area contributed by atoms with Gasteiger partial charge in [-0.3, -0.25) is 19.1 Å². The molecule has 33 heavy (non-hydrogen) atoms. The van der Waals surface area contributed by atoms with E-state index in [-0.39, 0.29) is 24.1 Å². The first kappa shape index (κ1) is 20.9. The van der Waals surface area contributed by atoms with E-state index in [1.807, 2.05) is 65.2 Å². The van der Waals surface area contributed by atoms with Crippen LogP contribution >= 0.6 is 11.8 Å². The molecule has 0 radical (unpaired) electrons. The van der Waals surface area contributed by atoms with Crippen LogP contribution < -0.4 is 10.2 Å². The third-order valence-electron chi connectivity index (χ3n) is 5.24. The fraction of sp³-hybridized carbons (Fsp3) is 0.125. The number of thioether (sulfide) groups is 1. The van der Waals surface area contributed by atoms with E-state index >= 15 is 0 Å². The number of hydrogen-bond donors (Lipinski definition) is 1. The van der Waals surface area contributed by atoms with Crippen LogP contribution in [-0.2, 0) is 16.1 Å². The SMILES string of the molecule is O=C1CN(C(=O)CSc2nnc(-c3ccncc3)n2Cc2ccccc2)c2ccccc2N1. The third-order valence-corrected chi connectivity index (χ3v) is 6.19. The zero-order valence-corrected chi connectivity index (χ0v) is 18.4. The number of hydrogen-bond acceptors (Lipinski definition) is 6. The molecule has 0 atom stereocenters. The number of rotatable bonds is 6. The highest BCUT2D eigenvalue weighted by Crippen LogP contribution is 2.30. The summed E-state index contributed by atoms with van der Waals surface area (Å²) < 4.78 is 2.00. The number of nitrogens with one attached hydrogen (secondary N) is 1. The molecule has 164 valence electrons. The predicted molar refractivity (Wildman–Crippen MR) is 127 cm³/mol. The van der Waals surface area contributed by atoms with Gasteiger partial charge in [0.2, 0.25) is 11.8 Å². The van der Waals surface area contributed by atoms with Gasteiger partial charge in [-0.25, -0.2) is 0 Å². The van der Waals surface area contributed by atoms with Gasteiger partial charge in [0.1, 0.15) is 6.54 Å². The second-order valence-corrected chi connectivity index (χ2v) is 8.39. The summed E-state index contributed by atoms with van der Waals surface area (Å²) in [5.41, 5.74) is 3.33. The van der Waals surface area contributed by atoms with Crippen LogP contribution in [-0.4, -0.2) is 43.9 Å². The number of para-hydroxylation sites is 2. The third kappa shape index (κ3) is 4.49. The van der Waals surface area contributed by atoms with Crippen LogP contribution in [0.2, 0.25) is 0 Å². The lowest BCUT2D eigenvalue weighted by Gasteiger charge is -2.29. The zero-order chi connectivity index (χ0) is 22.6. The average molecular weight is 457 g/mol. The number of benzene rings is 2. The van der Waals surface area contributed by atoms with Gasteiger partial charge in [-0.15, -0.1) is 10.2 Å². The Labute approximate surface area is 194 Å². The van der Waals surface area contributed by atoms with Crippen LogP contribution in [0, 0.1) is 0 Å². The van der Waals surface area contributed by atoms with Gasteiger partial charge in [-0.2, -0.15) is 0 Å². The van der Waals surface area contributed by atoms with E-state index in [2.05, 4.69) is 20.5 Å². The van der Waals surface area contributed by atoms with E-state index in [1.54, 1.807) is 18.5 Å². The summed E-state index contributed by atoms with van der Waals surface area (Å²) in [7, 11) is 0. The van der Waals surface area contributed by atoms with E-state index in [4.69, 9.17) is 0 Å². The number of fused-ring (bicyclic) bond motifs is 1. The Hall–Kier alpha value is -3.98. The molecular weight excluding hydrogens is 436 g/mol. The number of nitrogens with zero attached hydrogens (tertiary/aromatic N) is 5. The zero-order valence-electron chi connectivity index (χ0n) is 17.6. The van der Waals surface area contributed by atoms with E-state index in [0.29, 0.717) is 28.9 Å². The Kier molecular flexibility index (Phi) is 5.86. The van der Waals surface area contributed by atoms with Crippen molar-refractivity contribution in [2.24, 2.45) is 0 Å². The molecule has 1 aliphatic heterocycles. The maximum Gasteiger partial charge on any atom is 0.244 e. The number of carbonyl (C=O) groups is 2. The highest BCUT2D eigenvalue weighted by molar-refractivity contribution is 7.99. The molecule has 0 aliphatic carbocycles. The first-order chi connectivity index (χ1) is 16.2. The average Bonchev–Trinajstić information content (AvgIpc) is 3.25. The smallest absolute Gasteiger partial charge is 0.244 e. The van der Waals surface area contributed by atoms with Gasteiger partial charge in [0.25, 0.3) is 0 Å². The van der Waals surface area contributed by atoms with Crippen LogP contribution in [0.5, 0.6) is 0 Å². The monoisotopic (exact) mass is 456 g/mol. The van der Waals surface area contributed by atoms with Crippen LogP contribution in [0.15, 0.2) is 84.3 Å². The molecule has 0 saturated carbocycles. The van der Waals surface area contributed by atoms with Crippen molar-refractivity contribution >= 4 is 35.0 Å². The molecule has 9 heteroatoms. The first-order valence-electron chi connectivity index (χ1n) is 10.4. The lowest BCUT2D eigenvalue weighted by Crippen LogP contribution is -2.43. The van der Waals surface area contributed by atoms with Crippen molar-refractivity contribution in [2.75, 3.05) is 22.5 Å². The number of pyridine rings is 1. The molecule has 0 saturated heterocycles. The molecule has 2 aromatic heterocycles. The van der Waals surface area contributed by atoms with Crippen molar-refractivity contribution < 1.29 is 9.59 Å². The summed E-state index contributed by atoms with van der Waals surface area (Å²) in [5.74, 6) is 0.463. The van der Waals surface area contributed by atoms with E-state index in [1.165, 1.54) is 16.7 Å². The van der Waals surface area contributed by atoms with Gasteiger partial charge in [0.15, 0.2) is 11.0 Å². The summed E-state index contributed by atoms with van der Waals surface area (Å²) >= 11 is 1.31. The Morgan fingerprint density at radius 1 is 0.970 bits per heavy atom. The van der Waals surface area contributed by atoms with Gasteiger partial charge in [-0.1, -0.05) is 54.2 Å². The fourth-order valence-corrected chi connectivity index (χ4v) is 4.49. The van der Waals surface area contributed by atoms with Crippen molar-refractivity contribution in [3.8, 4) is 11.4 Å². The van der Waals surface area contributed by atoms with E-state index in [9.17, 15) is 9.59 Å². The predicted octanol–water partition coefficient (Wildman–Crippen LogP) is 3.47. The Bertz CT molecular complexity index is 1290. The molecule has 0 unspecified atom stereocenters. The van der Waals surface area contributed by atoms with E-state index < -0.39 is 0 Å². The van der Waals surface area contributed by atoms with Gasteiger partial charge in [-0.05, 0) is 29.8 Å². The van der Waals surface area contributed by atoms with E-state index in [0.717, 1.165) is 11.1 Å². The summed E-state index contributed by atoms with van der Waals surface area (Å²) in [5, 5.41) is 12.2. The van der Waals surface area contributed by atoms with Crippen molar-refractivity contribution in [1.29, 1.82) is 0 Å². The Balaban J connectivity index is 1.40. The van der Waals surface area contributed by atoms with Crippen LogP contribution in [0.25, 0.3) is 11.4 Å². The number of anilines is 2. The number of aromatic nitrogens is 4. The molecule has 2 amide bonds. The maximum absolute atomic E-state index is 13.1. The molecule has 0 spiro atoms. The van der Waals surface area contributed by atoms with Gasteiger partial charge < -0.3 is 10.2 Å². The molecule has 2 aromatic carbocycles. The molecule has 4 aromatic rings. The number of carbonyl (C=O) groups excluding carboxylic acids is 2. The van der Waals surface area contributed by atoms with Gasteiger partial charge >= 0.3 is 0 Å². The molecule has 0 fully saturated rings. The Morgan fingerprint density at radius 3 is 2.55 bits per heavy atom. The van der Waals surface area contributed by atoms with Crippen LogP contribution in [0.3, 0.4) is 0 Å². The minimum Gasteiger partial charge on any atom is -0.323 e. The second-order valence-electron chi connectivity index (χ2n) is 7.45. The summed E-state index contributed by atoms with van der Waals surface area (Å²) in [6.45, 7) is 0.562. The summed E-state index contributed by atoms with van der Waals surface area (Å²) in [6.07, 6.45) is 3.43. The molecular formula is C24H20N6O2S. The first-order valence-corrected chi connectivity index (χ1v) is 11.4. The molecule has 5 rings (SSSR count). The minimum absolute atomic E-state index is 0.00459. The molecule has 1 N–H and O–H groups in total. The maximum atomic E-state index is 13.1. The summed E-state index contributed by atoms with van der Waals surface area (Å²) in [6, 6.07) is 21.1. The second kappa shape index (κ2) is 9.25. The molecule has 3 heterocycles. The van der Waals surface area contributed by atoms with Gasteiger partial charge in [0, 0.05) is 18.0 Å².